The highest BCUT2D eigenvalue weighted by molar-refractivity contribution is 7.89. The molecule has 2 aromatic rings. The van der Waals surface area contributed by atoms with Gasteiger partial charge in [-0.2, -0.15) is 5.10 Å². The maximum atomic E-state index is 12.6. The molecule has 0 saturated carbocycles. The van der Waals surface area contributed by atoms with Gasteiger partial charge in [-0.1, -0.05) is 0 Å². The van der Waals surface area contributed by atoms with Crippen LogP contribution in [0.25, 0.3) is 0 Å². The largest absolute Gasteiger partial charge is 0.487 e. The number of anilines is 1. The molecule has 3 rings (SSSR count). The van der Waals surface area contributed by atoms with Crippen LogP contribution in [0.3, 0.4) is 0 Å². The van der Waals surface area contributed by atoms with Gasteiger partial charge in [0.15, 0.2) is 0 Å². The van der Waals surface area contributed by atoms with Gasteiger partial charge >= 0.3 is 0 Å². The van der Waals surface area contributed by atoms with E-state index in [4.69, 9.17) is 10.5 Å². The highest BCUT2D eigenvalue weighted by Crippen LogP contribution is 2.41. The van der Waals surface area contributed by atoms with Gasteiger partial charge in [-0.25, -0.2) is 13.1 Å². The van der Waals surface area contributed by atoms with E-state index < -0.39 is 21.7 Å². The second kappa shape index (κ2) is 6.27. The van der Waals surface area contributed by atoms with E-state index in [1.807, 2.05) is 13.8 Å². The highest BCUT2D eigenvalue weighted by atomic mass is 35.5. The maximum Gasteiger partial charge on any atom is 0.244 e. The topological polar surface area (TPSA) is 110 Å². The second-order valence-corrected chi connectivity index (χ2v) is 8.08. The van der Waals surface area contributed by atoms with Gasteiger partial charge < -0.3 is 10.5 Å². The molecule has 4 N–H and O–H groups in total. The minimum atomic E-state index is -3.69. The Kier molecular flexibility index (Phi) is 4.85. The van der Waals surface area contributed by atoms with Crippen molar-refractivity contribution >= 4 is 28.1 Å². The number of fused-ring (bicyclic) bond motifs is 1. The molecule has 1 unspecified atom stereocenters. The number of hydrogen-bond acceptors (Lipinski definition) is 5. The summed E-state index contributed by atoms with van der Waals surface area (Å²) in [5.74, 6) is 0.645. The number of rotatable bonds is 3. The molecule has 7 nitrogen and oxygen atoms in total. The number of aromatic nitrogens is 2. The van der Waals surface area contributed by atoms with Crippen molar-refractivity contribution in [3.63, 3.8) is 0 Å². The first-order valence-corrected chi connectivity index (χ1v) is 8.77. The average Bonchev–Trinajstić information content (AvgIpc) is 2.85. The summed E-state index contributed by atoms with van der Waals surface area (Å²) in [5.41, 5.74) is 7.17. The molecule has 0 aliphatic carbocycles. The Morgan fingerprint density at radius 2 is 2.12 bits per heavy atom. The number of sulfonamides is 1. The third kappa shape index (κ3) is 3.50. The van der Waals surface area contributed by atoms with Gasteiger partial charge in [0.05, 0.1) is 17.9 Å². The van der Waals surface area contributed by atoms with Crippen molar-refractivity contribution in [3.8, 4) is 5.75 Å². The lowest BCUT2D eigenvalue weighted by molar-refractivity contribution is 0.0702. The zero-order chi connectivity index (χ0) is 16.8. The van der Waals surface area contributed by atoms with Crippen molar-refractivity contribution in [2.24, 2.45) is 0 Å². The zero-order valence-electron chi connectivity index (χ0n) is 13.7. The number of nitrogens with two attached hydrogens (primary N) is 1. The number of benzene rings is 1. The first-order chi connectivity index (χ1) is 10.7. The van der Waals surface area contributed by atoms with Crippen LogP contribution in [0.5, 0.6) is 5.75 Å². The zero-order valence-corrected chi connectivity index (χ0v) is 15.3. The summed E-state index contributed by atoms with van der Waals surface area (Å²) < 4.78 is 34.0. The van der Waals surface area contributed by atoms with Crippen LogP contribution in [0.4, 0.5) is 5.69 Å². The number of nitrogens with zero attached hydrogens (tertiary/aromatic N) is 1. The van der Waals surface area contributed by atoms with E-state index in [2.05, 4.69) is 14.9 Å². The van der Waals surface area contributed by atoms with E-state index in [1.165, 1.54) is 6.20 Å². The summed E-state index contributed by atoms with van der Waals surface area (Å²) in [6, 6.07) is 4.85. The molecular weight excluding hydrogens is 352 g/mol. The third-order valence-corrected chi connectivity index (χ3v) is 5.45. The molecule has 2 heterocycles. The van der Waals surface area contributed by atoms with E-state index in [1.54, 1.807) is 25.1 Å². The van der Waals surface area contributed by atoms with E-state index in [-0.39, 0.29) is 17.3 Å². The lowest BCUT2D eigenvalue weighted by atomic mass is 9.90. The molecule has 9 heteroatoms. The van der Waals surface area contributed by atoms with Crippen LogP contribution >= 0.6 is 12.4 Å². The van der Waals surface area contributed by atoms with Gasteiger partial charge in [-0.15, -0.1) is 12.4 Å². The van der Waals surface area contributed by atoms with Crippen LogP contribution in [0.1, 0.15) is 37.6 Å². The average molecular weight is 373 g/mol. The summed E-state index contributed by atoms with van der Waals surface area (Å²) in [4.78, 5) is 0.146. The molecule has 24 heavy (non-hydrogen) atoms. The van der Waals surface area contributed by atoms with Crippen molar-refractivity contribution in [2.45, 2.75) is 43.7 Å². The third-order valence-electron chi connectivity index (χ3n) is 3.86. The summed E-state index contributed by atoms with van der Waals surface area (Å²) >= 11 is 0. The van der Waals surface area contributed by atoms with E-state index in [0.29, 0.717) is 23.6 Å². The molecule has 1 aliphatic rings. The Bertz CT molecular complexity index is 848. The SMILES string of the molecule is Cc1[nH]ncc1S(=O)(=O)NC1CC(C)(C)Oc2ccc(N)cc21.Cl. The molecule has 0 saturated heterocycles. The minimum absolute atomic E-state index is 0. The van der Waals surface area contributed by atoms with Crippen molar-refractivity contribution < 1.29 is 13.2 Å². The number of halogens is 1. The van der Waals surface area contributed by atoms with Gasteiger partial charge in [0.25, 0.3) is 0 Å². The van der Waals surface area contributed by atoms with Crippen LogP contribution in [-0.2, 0) is 10.0 Å². The number of hydrogen-bond donors (Lipinski definition) is 3. The number of ether oxygens (including phenoxy) is 1. The summed E-state index contributed by atoms with van der Waals surface area (Å²) in [6.07, 6.45) is 1.81. The first-order valence-electron chi connectivity index (χ1n) is 7.29. The summed E-state index contributed by atoms with van der Waals surface area (Å²) in [6.45, 7) is 5.52. The Balaban J connectivity index is 0.00000208. The molecule has 1 atom stereocenters. The maximum absolute atomic E-state index is 12.6. The van der Waals surface area contributed by atoms with Crippen molar-refractivity contribution in [1.29, 1.82) is 0 Å². The number of H-pyrrole nitrogens is 1. The van der Waals surface area contributed by atoms with Crippen molar-refractivity contribution in [2.75, 3.05) is 5.73 Å². The predicted molar refractivity (Wildman–Crippen MR) is 93.8 cm³/mol. The normalized spacial score (nSPS) is 19.0. The number of nitrogen functional groups attached to an aromatic ring is 1. The van der Waals surface area contributed by atoms with Crippen LogP contribution in [0.15, 0.2) is 29.3 Å². The van der Waals surface area contributed by atoms with Crippen LogP contribution in [0.2, 0.25) is 0 Å². The summed E-state index contributed by atoms with van der Waals surface area (Å²) in [5, 5.41) is 6.42. The monoisotopic (exact) mass is 372 g/mol. The predicted octanol–water partition coefficient (Wildman–Crippen LogP) is 2.30. The number of aryl methyl sites for hydroxylation is 1. The van der Waals surface area contributed by atoms with E-state index in [9.17, 15) is 8.42 Å². The molecular formula is C15H21ClN4O3S. The molecule has 0 spiro atoms. The molecule has 1 aliphatic heterocycles. The van der Waals surface area contributed by atoms with Crippen molar-refractivity contribution in [3.05, 3.63) is 35.7 Å². The lowest BCUT2D eigenvalue weighted by Gasteiger charge is -2.37. The molecule has 0 amide bonds. The number of nitrogens with one attached hydrogen (secondary N) is 2. The fourth-order valence-electron chi connectivity index (χ4n) is 2.84. The molecule has 1 aromatic heterocycles. The van der Waals surface area contributed by atoms with Gasteiger partial charge in [0.2, 0.25) is 10.0 Å². The van der Waals surface area contributed by atoms with Crippen LogP contribution < -0.4 is 15.2 Å². The second-order valence-electron chi connectivity index (χ2n) is 6.40. The molecule has 132 valence electrons. The van der Waals surface area contributed by atoms with E-state index in [0.717, 1.165) is 5.56 Å². The van der Waals surface area contributed by atoms with Gasteiger partial charge in [0.1, 0.15) is 16.2 Å². The minimum Gasteiger partial charge on any atom is -0.487 e. The van der Waals surface area contributed by atoms with Gasteiger partial charge in [0, 0.05) is 17.7 Å². The lowest BCUT2D eigenvalue weighted by Crippen LogP contribution is -2.41. The summed E-state index contributed by atoms with van der Waals surface area (Å²) in [7, 11) is -3.69. The Hall–Kier alpha value is -1.77. The highest BCUT2D eigenvalue weighted by Gasteiger charge is 2.36. The molecule has 0 fully saturated rings. The fraction of sp³-hybridized carbons (Fsp3) is 0.400. The quantitative estimate of drug-likeness (QED) is 0.716. The molecule has 0 radical (unpaired) electrons. The van der Waals surface area contributed by atoms with Crippen molar-refractivity contribution in [1.82, 2.24) is 14.9 Å². The molecule has 1 aromatic carbocycles. The Morgan fingerprint density at radius 3 is 2.75 bits per heavy atom. The number of aromatic amines is 1. The molecule has 0 bridgehead atoms. The fourth-order valence-corrected chi connectivity index (χ4v) is 4.19. The Morgan fingerprint density at radius 1 is 1.42 bits per heavy atom. The van der Waals surface area contributed by atoms with Gasteiger partial charge in [-0.05, 0) is 39.0 Å². The van der Waals surface area contributed by atoms with Crippen LogP contribution in [-0.4, -0.2) is 24.2 Å². The smallest absolute Gasteiger partial charge is 0.244 e. The Labute approximate surface area is 147 Å². The van der Waals surface area contributed by atoms with Gasteiger partial charge in [-0.3, -0.25) is 5.10 Å². The first kappa shape index (κ1) is 18.6. The van der Waals surface area contributed by atoms with E-state index >= 15 is 0 Å². The van der Waals surface area contributed by atoms with Crippen LogP contribution in [0, 0.1) is 6.92 Å². The standard InChI is InChI=1S/C15H20N4O3S.ClH/c1-9-14(8-17-18-9)23(20,21)19-12-7-15(2,3)22-13-5-4-10(16)6-11(12)13;/h4-6,8,12,19H,7,16H2,1-3H3,(H,17,18);1H.